The number of likely N-dealkylation sites (tertiary alicyclic amines) is 2. The van der Waals surface area contributed by atoms with Gasteiger partial charge in [0.25, 0.3) is 11.8 Å². The minimum absolute atomic E-state index is 0.00499. The van der Waals surface area contributed by atoms with Gasteiger partial charge < -0.3 is 19.5 Å². The molecule has 0 spiro atoms. The highest BCUT2D eigenvalue weighted by Crippen LogP contribution is 2.54. The summed E-state index contributed by atoms with van der Waals surface area (Å²) in [6.07, 6.45) is 3.06. The largest absolute Gasteiger partial charge is 0.467 e. The normalized spacial score (nSPS) is 24.1. The quantitative estimate of drug-likeness (QED) is 0.544. The Balaban J connectivity index is 1.46. The Bertz CT molecular complexity index is 1330. The minimum atomic E-state index is -1.23. The van der Waals surface area contributed by atoms with Crippen molar-refractivity contribution in [1.29, 1.82) is 0 Å². The molecule has 1 N–H and O–H groups in total. The Hall–Kier alpha value is -3.87. The fraction of sp³-hybridized carbons (Fsp3) is 0.367. The summed E-state index contributed by atoms with van der Waals surface area (Å²) in [4.78, 5) is 48.0. The molecule has 0 bridgehead atoms. The maximum Gasteiger partial charge on any atom is 0.332 e. The monoisotopic (exact) mass is 497 g/mol. The zero-order chi connectivity index (χ0) is 25.6. The van der Waals surface area contributed by atoms with Crippen molar-refractivity contribution in [2.24, 2.45) is 5.92 Å². The van der Waals surface area contributed by atoms with Crippen LogP contribution in [-0.4, -0.2) is 64.9 Å². The van der Waals surface area contributed by atoms with Crippen molar-refractivity contribution in [3.8, 4) is 0 Å². The number of benzene rings is 2. The highest BCUT2D eigenvalue weighted by atomic mass is 16.5. The molecule has 2 amide bonds. The number of carbonyl (C=O) groups is 3. The molecule has 2 saturated heterocycles. The van der Waals surface area contributed by atoms with Crippen LogP contribution in [0.5, 0.6) is 0 Å². The molecule has 1 aliphatic carbocycles. The van der Waals surface area contributed by atoms with E-state index in [0.717, 1.165) is 42.8 Å². The first-order chi connectivity index (χ1) is 18.0. The molecule has 2 fully saturated rings. The Morgan fingerprint density at radius 3 is 2.32 bits per heavy atom. The van der Waals surface area contributed by atoms with Gasteiger partial charge >= 0.3 is 5.97 Å². The summed E-state index contributed by atoms with van der Waals surface area (Å²) in [6, 6.07) is 20.8. The van der Waals surface area contributed by atoms with E-state index in [1.807, 2.05) is 59.5 Å². The van der Waals surface area contributed by atoms with E-state index in [0.29, 0.717) is 30.6 Å². The number of H-pyrrole nitrogens is 1. The molecule has 1 aromatic heterocycles. The van der Waals surface area contributed by atoms with Gasteiger partial charge in [0.2, 0.25) is 0 Å². The van der Waals surface area contributed by atoms with Crippen molar-refractivity contribution in [3.05, 3.63) is 94.8 Å². The number of hydrogen-bond donors (Lipinski definition) is 1. The summed E-state index contributed by atoms with van der Waals surface area (Å²) >= 11 is 0. The van der Waals surface area contributed by atoms with Crippen LogP contribution < -0.4 is 0 Å². The molecule has 37 heavy (non-hydrogen) atoms. The smallest absolute Gasteiger partial charge is 0.332 e. The lowest BCUT2D eigenvalue weighted by Crippen LogP contribution is -2.58. The number of nitrogens with one attached hydrogen (secondary N) is 1. The number of nitrogens with zero attached hydrogens (tertiary/aromatic N) is 2. The average Bonchev–Trinajstić information content (AvgIpc) is 3.71. The number of aromatic amines is 1. The van der Waals surface area contributed by atoms with Gasteiger partial charge in [0, 0.05) is 43.2 Å². The maximum atomic E-state index is 14.0. The van der Waals surface area contributed by atoms with E-state index in [-0.39, 0.29) is 23.7 Å². The third-order valence-electron chi connectivity index (χ3n) is 8.36. The first-order valence-corrected chi connectivity index (χ1v) is 13.0. The maximum absolute atomic E-state index is 14.0. The third kappa shape index (κ3) is 3.76. The Kier molecular flexibility index (Phi) is 5.86. The van der Waals surface area contributed by atoms with Gasteiger partial charge in [-0.15, -0.1) is 0 Å². The molecule has 0 saturated carbocycles. The molecule has 0 radical (unpaired) electrons. The molecule has 2 aliphatic heterocycles. The Morgan fingerprint density at radius 2 is 1.65 bits per heavy atom. The molecule has 6 rings (SSSR count). The SMILES string of the molecule is COC(=O)[C@@]1(Cc2ccccc2)[C@H]2c3cc(C(=O)N4CCCC4)[nH]c3C[C@H]2CN1C(=O)c1ccccc1. The summed E-state index contributed by atoms with van der Waals surface area (Å²) in [5.74, 6) is -0.825. The second kappa shape index (κ2) is 9.21. The van der Waals surface area contributed by atoms with Crippen molar-refractivity contribution in [3.63, 3.8) is 0 Å². The minimum Gasteiger partial charge on any atom is -0.467 e. The van der Waals surface area contributed by atoms with Crippen LogP contribution in [0.25, 0.3) is 0 Å². The number of methoxy groups -OCH3 is 1. The van der Waals surface area contributed by atoms with E-state index >= 15 is 0 Å². The van der Waals surface area contributed by atoms with Crippen LogP contribution in [0.15, 0.2) is 66.7 Å². The first-order valence-electron chi connectivity index (χ1n) is 13.0. The van der Waals surface area contributed by atoms with Crippen LogP contribution >= 0.6 is 0 Å². The van der Waals surface area contributed by atoms with E-state index in [9.17, 15) is 14.4 Å². The van der Waals surface area contributed by atoms with Crippen molar-refractivity contribution in [2.75, 3.05) is 26.7 Å². The average molecular weight is 498 g/mol. The summed E-state index contributed by atoms with van der Waals surface area (Å²) in [7, 11) is 1.39. The van der Waals surface area contributed by atoms with Crippen molar-refractivity contribution in [2.45, 2.75) is 37.1 Å². The lowest BCUT2D eigenvalue weighted by atomic mass is 9.75. The van der Waals surface area contributed by atoms with E-state index in [4.69, 9.17) is 4.74 Å². The van der Waals surface area contributed by atoms with E-state index in [1.165, 1.54) is 7.11 Å². The number of esters is 1. The van der Waals surface area contributed by atoms with Gasteiger partial charge in [-0.2, -0.15) is 0 Å². The van der Waals surface area contributed by atoms with Crippen molar-refractivity contribution < 1.29 is 19.1 Å². The molecule has 190 valence electrons. The Labute approximate surface area is 216 Å². The summed E-state index contributed by atoms with van der Waals surface area (Å²) in [5.41, 5.74) is 2.79. The van der Waals surface area contributed by atoms with Crippen molar-refractivity contribution >= 4 is 17.8 Å². The molecule has 2 aromatic carbocycles. The number of aromatic nitrogens is 1. The van der Waals surface area contributed by atoms with Gasteiger partial charge in [0.05, 0.1) is 7.11 Å². The molecule has 3 aliphatic rings. The van der Waals surface area contributed by atoms with Crippen LogP contribution in [0.3, 0.4) is 0 Å². The fourth-order valence-electron chi connectivity index (χ4n) is 6.78. The highest BCUT2D eigenvalue weighted by Gasteiger charge is 2.64. The summed E-state index contributed by atoms with van der Waals surface area (Å²) in [6.45, 7) is 1.99. The van der Waals surface area contributed by atoms with Gasteiger partial charge in [-0.3, -0.25) is 9.59 Å². The second-order valence-electron chi connectivity index (χ2n) is 10.4. The number of amides is 2. The van der Waals surface area contributed by atoms with Gasteiger partial charge in [-0.25, -0.2) is 4.79 Å². The van der Waals surface area contributed by atoms with Crippen LogP contribution in [0.2, 0.25) is 0 Å². The summed E-state index contributed by atoms with van der Waals surface area (Å²) < 4.78 is 5.47. The molecular formula is C30H31N3O4. The van der Waals surface area contributed by atoms with Crippen LogP contribution in [0.4, 0.5) is 0 Å². The number of ether oxygens (including phenoxy) is 1. The van der Waals surface area contributed by atoms with Gasteiger partial charge in [0.1, 0.15) is 5.69 Å². The molecule has 0 unspecified atom stereocenters. The van der Waals surface area contributed by atoms with Crippen molar-refractivity contribution in [1.82, 2.24) is 14.8 Å². The fourth-order valence-corrected chi connectivity index (χ4v) is 6.78. The zero-order valence-corrected chi connectivity index (χ0v) is 21.0. The van der Waals surface area contributed by atoms with Gasteiger partial charge in [-0.1, -0.05) is 48.5 Å². The number of hydrogen-bond acceptors (Lipinski definition) is 4. The van der Waals surface area contributed by atoms with Gasteiger partial charge in [-0.05, 0) is 54.5 Å². The highest BCUT2D eigenvalue weighted by molar-refractivity contribution is 6.00. The molecule has 3 heterocycles. The lowest BCUT2D eigenvalue weighted by Gasteiger charge is -2.40. The molecule has 7 nitrogen and oxygen atoms in total. The third-order valence-corrected chi connectivity index (χ3v) is 8.36. The predicted octanol–water partition coefficient (Wildman–Crippen LogP) is 3.82. The summed E-state index contributed by atoms with van der Waals surface area (Å²) in [5, 5.41) is 0. The standard InChI is InChI=1S/C30H31N3O4/c1-37-29(36)30(18-20-10-4-2-5-11-20)26-22(19-33(30)27(34)21-12-6-3-7-13-21)16-24-23(26)17-25(31-24)28(35)32-14-8-9-15-32/h2-7,10-13,17,22,26,31H,8-9,14-16,18-19H2,1H3/t22-,26+,30+/m0/s1. The van der Waals surface area contributed by atoms with Gasteiger partial charge in [0.15, 0.2) is 5.54 Å². The first kappa shape index (κ1) is 23.5. The Morgan fingerprint density at radius 1 is 0.973 bits per heavy atom. The van der Waals surface area contributed by atoms with Crippen LogP contribution in [0.1, 0.15) is 56.4 Å². The molecule has 7 heteroatoms. The molecular weight excluding hydrogens is 466 g/mol. The van der Waals surface area contributed by atoms with E-state index in [1.54, 1.807) is 17.0 Å². The molecule has 3 aromatic rings. The predicted molar refractivity (Wildman–Crippen MR) is 138 cm³/mol. The number of rotatable bonds is 5. The number of fused-ring (bicyclic) bond motifs is 3. The van der Waals surface area contributed by atoms with E-state index in [2.05, 4.69) is 4.98 Å². The number of carbonyl (C=O) groups excluding carboxylic acids is 3. The second-order valence-corrected chi connectivity index (χ2v) is 10.4. The van der Waals surface area contributed by atoms with Crippen LogP contribution in [-0.2, 0) is 22.4 Å². The van der Waals surface area contributed by atoms with Crippen LogP contribution in [0, 0.1) is 5.92 Å². The lowest BCUT2D eigenvalue weighted by molar-refractivity contribution is -0.153. The van der Waals surface area contributed by atoms with E-state index < -0.39 is 11.5 Å². The zero-order valence-electron chi connectivity index (χ0n) is 21.0. The molecule has 3 atom stereocenters. The topological polar surface area (TPSA) is 82.7 Å².